The van der Waals surface area contributed by atoms with E-state index in [1.807, 2.05) is 12.1 Å². The van der Waals surface area contributed by atoms with Crippen LogP contribution in [0.3, 0.4) is 0 Å². The zero-order valence-electron chi connectivity index (χ0n) is 12.3. The van der Waals surface area contributed by atoms with Crippen LogP contribution in [0.4, 0.5) is 0 Å². The summed E-state index contributed by atoms with van der Waals surface area (Å²) in [5, 5.41) is 0.761. The summed E-state index contributed by atoms with van der Waals surface area (Å²) in [5.41, 5.74) is 7.35. The predicted octanol–water partition coefficient (Wildman–Crippen LogP) is 4.61. The first-order chi connectivity index (χ1) is 9.52. The molecule has 0 bridgehead atoms. The lowest BCUT2D eigenvalue weighted by molar-refractivity contribution is 0.180. The van der Waals surface area contributed by atoms with Gasteiger partial charge in [-0.1, -0.05) is 47.4 Å². The van der Waals surface area contributed by atoms with Gasteiger partial charge in [0.1, 0.15) is 0 Å². The normalized spacial score (nSPS) is 16.9. The highest BCUT2D eigenvalue weighted by molar-refractivity contribution is 9.10. The smallest absolute Gasteiger partial charge is 0.0484 e. The van der Waals surface area contributed by atoms with Crippen molar-refractivity contribution in [1.29, 1.82) is 0 Å². The van der Waals surface area contributed by atoms with Gasteiger partial charge in [0, 0.05) is 28.1 Å². The maximum absolute atomic E-state index is 6.09. The van der Waals surface area contributed by atoms with Crippen LogP contribution in [0.1, 0.15) is 44.7 Å². The summed E-state index contributed by atoms with van der Waals surface area (Å²) in [7, 11) is 0. The lowest BCUT2D eigenvalue weighted by Crippen LogP contribution is -2.37. The van der Waals surface area contributed by atoms with Crippen molar-refractivity contribution in [2.24, 2.45) is 11.7 Å². The van der Waals surface area contributed by atoms with Crippen LogP contribution in [0.15, 0.2) is 22.7 Å². The Morgan fingerprint density at radius 2 is 2.10 bits per heavy atom. The number of nitrogens with zero attached hydrogens (tertiary/aromatic N) is 1. The third kappa shape index (κ3) is 4.20. The molecule has 0 spiro atoms. The highest BCUT2D eigenvalue weighted by Gasteiger charge is 2.34. The highest BCUT2D eigenvalue weighted by Crippen LogP contribution is 2.37. The number of hydrogen-bond donors (Lipinski definition) is 1. The topological polar surface area (TPSA) is 29.3 Å². The SMILES string of the molecule is CC(C)CCN(C1CC1)C(CN)c1ccc(Cl)cc1Br. The van der Waals surface area contributed by atoms with Crippen molar-refractivity contribution >= 4 is 27.5 Å². The van der Waals surface area contributed by atoms with Gasteiger partial charge in [-0.3, -0.25) is 4.90 Å². The minimum atomic E-state index is 0.285. The molecule has 0 aliphatic heterocycles. The van der Waals surface area contributed by atoms with Gasteiger partial charge in [0.15, 0.2) is 0 Å². The van der Waals surface area contributed by atoms with Gasteiger partial charge in [-0.15, -0.1) is 0 Å². The Morgan fingerprint density at radius 3 is 2.60 bits per heavy atom. The number of nitrogens with two attached hydrogens (primary N) is 1. The molecular weight excluding hydrogens is 336 g/mol. The monoisotopic (exact) mass is 358 g/mol. The summed E-state index contributed by atoms with van der Waals surface area (Å²) in [5.74, 6) is 0.725. The van der Waals surface area contributed by atoms with E-state index in [-0.39, 0.29) is 6.04 Å². The summed E-state index contributed by atoms with van der Waals surface area (Å²) in [6.07, 6.45) is 3.83. The Balaban J connectivity index is 2.18. The van der Waals surface area contributed by atoms with Gasteiger partial charge in [0.2, 0.25) is 0 Å². The van der Waals surface area contributed by atoms with Crippen LogP contribution in [0.25, 0.3) is 0 Å². The lowest BCUT2D eigenvalue weighted by atomic mass is 10.0. The number of benzene rings is 1. The first-order valence-corrected chi connectivity index (χ1v) is 8.60. The van der Waals surface area contributed by atoms with Crippen molar-refractivity contribution in [3.63, 3.8) is 0 Å². The second kappa shape index (κ2) is 7.26. The van der Waals surface area contributed by atoms with Crippen molar-refractivity contribution in [2.75, 3.05) is 13.1 Å². The van der Waals surface area contributed by atoms with Crippen LogP contribution in [-0.2, 0) is 0 Å². The molecule has 20 heavy (non-hydrogen) atoms. The Hall–Kier alpha value is -0.0900. The molecular formula is C16H24BrClN2. The molecule has 4 heteroatoms. The molecule has 112 valence electrons. The molecule has 1 unspecified atom stereocenters. The molecule has 1 aromatic carbocycles. The molecule has 2 rings (SSSR count). The van der Waals surface area contributed by atoms with Gasteiger partial charge >= 0.3 is 0 Å². The zero-order chi connectivity index (χ0) is 14.7. The Kier molecular flexibility index (Phi) is 5.91. The Labute approximate surface area is 135 Å². The van der Waals surface area contributed by atoms with E-state index in [0.29, 0.717) is 12.6 Å². The van der Waals surface area contributed by atoms with Crippen LogP contribution in [-0.4, -0.2) is 24.0 Å². The Morgan fingerprint density at radius 1 is 1.40 bits per heavy atom. The molecule has 1 saturated carbocycles. The number of halogens is 2. The van der Waals surface area contributed by atoms with E-state index in [1.165, 1.54) is 24.8 Å². The molecule has 1 aromatic rings. The van der Waals surface area contributed by atoms with Crippen LogP contribution in [0, 0.1) is 5.92 Å². The standard InChI is InChI=1S/C16H24BrClN2/c1-11(2)7-8-20(13-4-5-13)16(10-19)14-6-3-12(18)9-15(14)17/h3,6,9,11,13,16H,4-5,7-8,10,19H2,1-2H3. The van der Waals surface area contributed by atoms with Gasteiger partial charge < -0.3 is 5.73 Å². The van der Waals surface area contributed by atoms with E-state index in [4.69, 9.17) is 17.3 Å². The zero-order valence-corrected chi connectivity index (χ0v) is 14.6. The van der Waals surface area contributed by atoms with E-state index in [9.17, 15) is 0 Å². The maximum atomic E-state index is 6.09. The summed E-state index contributed by atoms with van der Waals surface area (Å²) >= 11 is 9.69. The molecule has 1 aliphatic rings. The van der Waals surface area contributed by atoms with Gasteiger partial charge in [-0.25, -0.2) is 0 Å². The van der Waals surface area contributed by atoms with E-state index in [2.05, 4.69) is 40.7 Å². The van der Waals surface area contributed by atoms with Crippen molar-refractivity contribution in [2.45, 2.75) is 45.2 Å². The van der Waals surface area contributed by atoms with Gasteiger partial charge in [-0.05, 0) is 49.4 Å². The average molecular weight is 360 g/mol. The van der Waals surface area contributed by atoms with Gasteiger partial charge in [0.25, 0.3) is 0 Å². The van der Waals surface area contributed by atoms with Gasteiger partial charge in [0.05, 0.1) is 0 Å². The van der Waals surface area contributed by atoms with Crippen LogP contribution < -0.4 is 5.73 Å². The summed E-state index contributed by atoms with van der Waals surface area (Å²) in [6, 6.07) is 7.03. The van der Waals surface area contributed by atoms with Crippen molar-refractivity contribution < 1.29 is 0 Å². The van der Waals surface area contributed by atoms with Crippen LogP contribution in [0.2, 0.25) is 5.02 Å². The molecule has 2 N–H and O–H groups in total. The second-order valence-electron chi connectivity index (χ2n) is 6.07. The third-order valence-electron chi connectivity index (χ3n) is 3.93. The number of rotatable bonds is 7. The molecule has 1 atom stereocenters. The third-order valence-corrected chi connectivity index (χ3v) is 4.85. The summed E-state index contributed by atoms with van der Waals surface area (Å²) in [6.45, 7) is 6.33. The average Bonchev–Trinajstić information content (AvgIpc) is 3.19. The Bertz CT molecular complexity index is 446. The van der Waals surface area contributed by atoms with Crippen LogP contribution >= 0.6 is 27.5 Å². The molecule has 2 nitrogen and oxygen atoms in total. The molecule has 0 radical (unpaired) electrons. The lowest BCUT2D eigenvalue weighted by Gasteiger charge is -2.32. The first-order valence-electron chi connectivity index (χ1n) is 7.43. The van der Waals surface area contributed by atoms with Crippen molar-refractivity contribution in [3.8, 4) is 0 Å². The molecule has 0 amide bonds. The molecule has 0 aromatic heterocycles. The fourth-order valence-corrected chi connectivity index (χ4v) is 3.57. The number of hydrogen-bond acceptors (Lipinski definition) is 2. The fraction of sp³-hybridized carbons (Fsp3) is 0.625. The van der Waals surface area contributed by atoms with Crippen molar-refractivity contribution in [1.82, 2.24) is 4.90 Å². The maximum Gasteiger partial charge on any atom is 0.0484 e. The molecule has 0 heterocycles. The fourth-order valence-electron chi connectivity index (χ4n) is 2.62. The highest BCUT2D eigenvalue weighted by atomic mass is 79.9. The van der Waals surface area contributed by atoms with E-state index < -0.39 is 0 Å². The molecule has 0 saturated heterocycles. The minimum Gasteiger partial charge on any atom is -0.329 e. The van der Waals surface area contributed by atoms with Gasteiger partial charge in [-0.2, -0.15) is 0 Å². The van der Waals surface area contributed by atoms with E-state index in [1.54, 1.807) is 0 Å². The van der Waals surface area contributed by atoms with E-state index in [0.717, 1.165) is 22.0 Å². The first kappa shape index (κ1) is 16.3. The minimum absolute atomic E-state index is 0.285. The quantitative estimate of drug-likeness (QED) is 0.770. The van der Waals surface area contributed by atoms with Crippen molar-refractivity contribution in [3.05, 3.63) is 33.3 Å². The van der Waals surface area contributed by atoms with Crippen LogP contribution in [0.5, 0.6) is 0 Å². The molecule has 1 fully saturated rings. The molecule has 1 aliphatic carbocycles. The van der Waals surface area contributed by atoms with E-state index >= 15 is 0 Å². The summed E-state index contributed by atoms with van der Waals surface area (Å²) in [4.78, 5) is 2.59. The second-order valence-corrected chi connectivity index (χ2v) is 7.36. The summed E-state index contributed by atoms with van der Waals surface area (Å²) < 4.78 is 1.07. The predicted molar refractivity (Wildman–Crippen MR) is 90.1 cm³/mol. The largest absolute Gasteiger partial charge is 0.329 e.